The zero-order valence-electron chi connectivity index (χ0n) is 15.8. The molecule has 1 saturated heterocycles. The Labute approximate surface area is 159 Å². The Morgan fingerprint density at radius 3 is 2.22 bits per heavy atom. The van der Waals surface area contributed by atoms with Crippen LogP contribution in [0.25, 0.3) is 0 Å². The summed E-state index contributed by atoms with van der Waals surface area (Å²) in [5.74, 6) is 1.30. The molecule has 6 heteroatoms. The maximum atomic E-state index is 10.7. The molecule has 2 aromatic carbocycles. The van der Waals surface area contributed by atoms with Gasteiger partial charge in [0.2, 0.25) is 6.29 Å². The normalized spacial score (nSPS) is 27.9. The number of aliphatic hydroxyl groups is 1. The molecule has 6 nitrogen and oxygen atoms in total. The van der Waals surface area contributed by atoms with E-state index in [0.29, 0.717) is 12.4 Å². The van der Waals surface area contributed by atoms with Gasteiger partial charge in [-0.2, -0.15) is 0 Å². The predicted molar refractivity (Wildman–Crippen MR) is 99.8 cm³/mol. The number of ether oxygens (including phenoxy) is 5. The molecule has 3 rings (SSSR count). The van der Waals surface area contributed by atoms with Crippen molar-refractivity contribution < 1.29 is 28.8 Å². The van der Waals surface area contributed by atoms with Crippen molar-refractivity contribution >= 4 is 0 Å². The summed E-state index contributed by atoms with van der Waals surface area (Å²) in [4.78, 5) is 0. The molecule has 0 saturated carbocycles. The molecule has 0 amide bonds. The number of hydrogen-bond acceptors (Lipinski definition) is 6. The van der Waals surface area contributed by atoms with E-state index in [0.717, 1.165) is 11.3 Å². The van der Waals surface area contributed by atoms with Crippen LogP contribution >= 0.6 is 0 Å². The van der Waals surface area contributed by atoms with Gasteiger partial charge in [0, 0.05) is 7.11 Å². The first-order valence-electron chi connectivity index (χ1n) is 8.95. The molecule has 0 spiro atoms. The summed E-state index contributed by atoms with van der Waals surface area (Å²) in [6, 6.07) is 16.9. The molecule has 1 aliphatic rings. The lowest BCUT2D eigenvalue weighted by molar-refractivity contribution is -0.283. The van der Waals surface area contributed by atoms with Gasteiger partial charge in [-0.1, -0.05) is 30.3 Å². The monoisotopic (exact) mass is 374 g/mol. The third kappa shape index (κ3) is 4.78. The van der Waals surface area contributed by atoms with Gasteiger partial charge in [0.1, 0.15) is 29.8 Å². The van der Waals surface area contributed by atoms with Crippen LogP contribution in [0.15, 0.2) is 54.6 Å². The SMILES string of the molecule is COc1ccc(O[C@@H]2O[C@@H](C)[C@H](OCc3ccccc3)[C@@H](OC)[C@H]2O)cc1. The largest absolute Gasteiger partial charge is 0.497 e. The van der Waals surface area contributed by atoms with Crippen LogP contribution < -0.4 is 9.47 Å². The third-order valence-electron chi connectivity index (χ3n) is 4.62. The molecule has 0 bridgehead atoms. The van der Waals surface area contributed by atoms with E-state index in [-0.39, 0.29) is 6.10 Å². The molecular weight excluding hydrogens is 348 g/mol. The number of benzene rings is 2. The van der Waals surface area contributed by atoms with Gasteiger partial charge in [-0.05, 0) is 36.8 Å². The summed E-state index contributed by atoms with van der Waals surface area (Å²) in [5, 5.41) is 10.7. The van der Waals surface area contributed by atoms with Crippen molar-refractivity contribution in [3.63, 3.8) is 0 Å². The van der Waals surface area contributed by atoms with E-state index in [2.05, 4.69) is 0 Å². The number of hydrogen-bond donors (Lipinski definition) is 1. The molecule has 1 fully saturated rings. The van der Waals surface area contributed by atoms with Gasteiger partial charge < -0.3 is 28.8 Å². The Morgan fingerprint density at radius 2 is 1.59 bits per heavy atom. The van der Waals surface area contributed by atoms with Gasteiger partial charge in [-0.15, -0.1) is 0 Å². The van der Waals surface area contributed by atoms with Gasteiger partial charge in [0.05, 0.1) is 19.8 Å². The number of rotatable bonds is 7. The fraction of sp³-hybridized carbons (Fsp3) is 0.429. The van der Waals surface area contributed by atoms with Gasteiger partial charge in [-0.3, -0.25) is 0 Å². The summed E-state index contributed by atoms with van der Waals surface area (Å²) in [6.07, 6.45) is -3.14. The summed E-state index contributed by atoms with van der Waals surface area (Å²) in [5.41, 5.74) is 1.05. The van der Waals surface area contributed by atoms with Crippen LogP contribution in [-0.4, -0.2) is 50.0 Å². The molecule has 27 heavy (non-hydrogen) atoms. The van der Waals surface area contributed by atoms with Gasteiger partial charge >= 0.3 is 0 Å². The summed E-state index contributed by atoms with van der Waals surface area (Å²) < 4.78 is 28.4. The Hall–Kier alpha value is -2.12. The molecule has 1 aliphatic heterocycles. The van der Waals surface area contributed by atoms with E-state index in [1.807, 2.05) is 37.3 Å². The van der Waals surface area contributed by atoms with Crippen LogP contribution in [0.3, 0.4) is 0 Å². The lowest BCUT2D eigenvalue weighted by Gasteiger charge is -2.42. The average Bonchev–Trinajstić information content (AvgIpc) is 2.70. The van der Waals surface area contributed by atoms with E-state index in [1.165, 1.54) is 0 Å². The van der Waals surface area contributed by atoms with Crippen LogP contribution in [0.2, 0.25) is 0 Å². The van der Waals surface area contributed by atoms with Crippen LogP contribution in [0.1, 0.15) is 12.5 Å². The third-order valence-corrected chi connectivity index (χ3v) is 4.62. The molecule has 146 valence electrons. The number of methoxy groups -OCH3 is 2. The van der Waals surface area contributed by atoms with Gasteiger partial charge in [-0.25, -0.2) is 0 Å². The molecule has 0 radical (unpaired) electrons. The molecule has 0 aliphatic carbocycles. The minimum absolute atomic E-state index is 0.315. The highest BCUT2D eigenvalue weighted by atomic mass is 16.7. The lowest BCUT2D eigenvalue weighted by Crippen LogP contribution is -2.59. The second-order valence-electron chi connectivity index (χ2n) is 6.46. The highest BCUT2D eigenvalue weighted by molar-refractivity contribution is 5.31. The van der Waals surface area contributed by atoms with Crippen molar-refractivity contribution in [2.24, 2.45) is 0 Å². The Morgan fingerprint density at radius 1 is 0.926 bits per heavy atom. The van der Waals surface area contributed by atoms with Gasteiger partial charge in [0.15, 0.2) is 0 Å². The average molecular weight is 374 g/mol. The van der Waals surface area contributed by atoms with E-state index >= 15 is 0 Å². The zero-order chi connectivity index (χ0) is 19.2. The van der Waals surface area contributed by atoms with E-state index in [1.54, 1.807) is 38.5 Å². The van der Waals surface area contributed by atoms with E-state index in [9.17, 15) is 5.11 Å². The van der Waals surface area contributed by atoms with E-state index in [4.69, 9.17) is 23.7 Å². The maximum Gasteiger partial charge on any atom is 0.229 e. The fourth-order valence-electron chi connectivity index (χ4n) is 3.14. The second-order valence-corrected chi connectivity index (χ2v) is 6.46. The van der Waals surface area contributed by atoms with Crippen LogP contribution in [-0.2, 0) is 20.8 Å². The molecule has 0 aromatic heterocycles. The number of aliphatic hydroxyl groups excluding tert-OH is 1. The smallest absolute Gasteiger partial charge is 0.229 e. The predicted octanol–water partition coefficient (Wildman–Crippen LogP) is 2.78. The van der Waals surface area contributed by atoms with Crippen molar-refractivity contribution in [1.29, 1.82) is 0 Å². The standard InChI is InChI=1S/C21H26O6/c1-14-19(25-13-15-7-5-4-6-8-15)20(24-3)18(22)21(26-14)27-17-11-9-16(23-2)10-12-17/h4-12,14,18-22H,13H2,1-3H3/t14-,18+,19-,20-,21-/m0/s1. The molecule has 2 aromatic rings. The highest BCUT2D eigenvalue weighted by Crippen LogP contribution is 2.28. The maximum absolute atomic E-state index is 10.7. The van der Waals surface area contributed by atoms with Crippen LogP contribution in [0, 0.1) is 0 Å². The summed E-state index contributed by atoms with van der Waals surface area (Å²) >= 11 is 0. The van der Waals surface area contributed by atoms with Crippen molar-refractivity contribution in [2.75, 3.05) is 14.2 Å². The van der Waals surface area contributed by atoms with Crippen LogP contribution in [0.5, 0.6) is 11.5 Å². The van der Waals surface area contributed by atoms with Crippen molar-refractivity contribution in [1.82, 2.24) is 0 Å². The molecule has 5 atom stereocenters. The molecule has 0 unspecified atom stereocenters. The minimum Gasteiger partial charge on any atom is -0.497 e. The first-order chi connectivity index (χ1) is 13.1. The quantitative estimate of drug-likeness (QED) is 0.804. The zero-order valence-corrected chi connectivity index (χ0v) is 15.8. The Kier molecular flexibility index (Phi) is 6.68. The van der Waals surface area contributed by atoms with Crippen LogP contribution in [0.4, 0.5) is 0 Å². The fourth-order valence-corrected chi connectivity index (χ4v) is 3.14. The molecule has 1 N–H and O–H groups in total. The van der Waals surface area contributed by atoms with Gasteiger partial charge in [0.25, 0.3) is 0 Å². The highest BCUT2D eigenvalue weighted by Gasteiger charge is 2.45. The van der Waals surface area contributed by atoms with Crippen molar-refractivity contribution in [2.45, 2.75) is 44.2 Å². The summed E-state index contributed by atoms with van der Waals surface area (Å²) in [6.45, 7) is 2.30. The molecular formula is C21H26O6. The van der Waals surface area contributed by atoms with Crippen molar-refractivity contribution in [3.05, 3.63) is 60.2 Å². The second kappa shape index (κ2) is 9.19. The van der Waals surface area contributed by atoms with Crippen molar-refractivity contribution in [3.8, 4) is 11.5 Å². The molecule has 1 heterocycles. The first kappa shape index (κ1) is 19.6. The first-order valence-corrected chi connectivity index (χ1v) is 8.95. The Bertz CT molecular complexity index is 690. The minimum atomic E-state index is -0.992. The Balaban J connectivity index is 1.65. The topological polar surface area (TPSA) is 66.4 Å². The summed E-state index contributed by atoms with van der Waals surface area (Å²) in [7, 11) is 3.15. The van der Waals surface area contributed by atoms with E-state index < -0.39 is 24.6 Å². The lowest BCUT2D eigenvalue weighted by atomic mass is 9.99.